The molecule has 0 unspecified atom stereocenters. The van der Waals surface area contributed by atoms with Gasteiger partial charge in [0.25, 0.3) is 5.01 Å². The van der Waals surface area contributed by atoms with Crippen LogP contribution in [0.15, 0.2) is 41.8 Å². The molecule has 4 rings (SSSR count). The molecule has 0 aliphatic rings. The third-order valence-corrected chi connectivity index (χ3v) is 7.94. The van der Waals surface area contributed by atoms with Gasteiger partial charge in [-0.3, -0.25) is 0 Å². The summed E-state index contributed by atoms with van der Waals surface area (Å²) in [5, 5.41) is 3.90. The Morgan fingerprint density at radius 2 is 1.91 bits per heavy atom. The highest BCUT2D eigenvalue weighted by Crippen LogP contribution is 2.38. The van der Waals surface area contributed by atoms with Crippen LogP contribution in [-0.2, 0) is 21.4 Å². The molecule has 0 N–H and O–H groups in total. The van der Waals surface area contributed by atoms with Crippen molar-refractivity contribution in [1.29, 1.82) is 0 Å². The number of carbonyl (C=O) groups is 1. The van der Waals surface area contributed by atoms with Crippen molar-refractivity contribution in [3.8, 4) is 5.75 Å². The van der Waals surface area contributed by atoms with Gasteiger partial charge in [-0.2, -0.15) is 4.57 Å². The summed E-state index contributed by atoms with van der Waals surface area (Å²) in [5.74, 6) is -0.0301. The highest BCUT2D eigenvalue weighted by Gasteiger charge is 2.24. The number of benzene rings is 2. The van der Waals surface area contributed by atoms with Gasteiger partial charge in [0.2, 0.25) is 5.52 Å². The summed E-state index contributed by atoms with van der Waals surface area (Å²) in [6.07, 6.45) is 4.10. The van der Waals surface area contributed by atoms with Crippen LogP contribution >= 0.6 is 22.7 Å². The predicted molar refractivity (Wildman–Crippen MR) is 130 cm³/mol. The number of hydrogen-bond acceptors (Lipinski definition) is 8. The number of methoxy groups -OCH3 is 2. The number of thiophene rings is 1. The third kappa shape index (κ3) is 5.09. The zero-order valence-electron chi connectivity index (χ0n) is 17.9. The number of hydrogen-bond donors (Lipinski definition) is 0. The van der Waals surface area contributed by atoms with Gasteiger partial charge in [-0.05, 0) is 35.2 Å². The molecular formula is C23H21NO6S3. The van der Waals surface area contributed by atoms with Gasteiger partial charge in [0.15, 0.2) is 6.54 Å². The summed E-state index contributed by atoms with van der Waals surface area (Å²) in [5.41, 5.74) is 2.36. The van der Waals surface area contributed by atoms with Gasteiger partial charge in [-0.1, -0.05) is 23.5 Å². The Balaban J connectivity index is 1.76. The summed E-state index contributed by atoms with van der Waals surface area (Å²) >= 11 is 3.15. The topological polar surface area (TPSA) is 96.6 Å². The van der Waals surface area contributed by atoms with Crippen molar-refractivity contribution >= 4 is 71.2 Å². The molecule has 10 heteroatoms. The number of aromatic nitrogens is 1. The fourth-order valence-corrected chi connectivity index (χ4v) is 6.25. The van der Waals surface area contributed by atoms with E-state index in [1.807, 2.05) is 41.8 Å². The molecule has 2 heterocycles. The lowest BCUT2D eigenvalue weighted by molar-refractivity contribution is -0.667. The molecular weight excluding hydrogens is 482 g/mol. The molecule has 7 nitrogen and oxygen atoms in total. The molecule has 0 aliphatic carbocycles. The van der Waals surface area contributed by atoms with E-state index in [-0.39, 0.29) is 6.42 Å². The van der Waals surface area contributed by atoms with Crippen LogP contribution in [0.3, 0.4) is 0 Å². The maximum absolute atomic E-state index is 11.6. The minimum absolute atomic E-state index is 0.218. The van der Waals surface area contributed by atoms with Crippen molar-refractivity contribution in [2.75, 3.05) is 20.0 Å². The summed E-state index contributed by atoms with van der Waals surface area (Å²) in [6, 6.07) is 11.0. The van der Waals surface area contributed by atoms with E-state index in [1.54, 1.807) is 41.9 Å². The van der Waals surface area contributed by atoms with Crippen LogP contribution in [0.1, 0.15) is 27.3 Å². The second kappa shape index (κ2) is 9.60. The number of esters is 1. The first-order chi connectivity index (χ1) is 15.8. The van der Waals surface area contributed by atoms with Crippen molar-refractivity contribution in [3.05, 3.63) is 57.9 Å². The summed E-state index contributed by atoms with van der Waals surface area (Å²) < 4.78 is 47.9. The Hall–Kier alpha value is -2.79. The average molecular weight is 504 g/mol. The molecule has 0 fully saturated rings. The van der Waals surface area contributed by atoms with Crippen molar-refractivity contribution in [3.63, 3.8) is 0 Å². The van der Waals surface area contributed by atoms with Crippen LogP contribution < -0.4 is 9.30 Å². The van der Waals surface area contributed by atoms with Gasteiger partial charge in [0.1, 0.15) is 15.1 Å². The first kappa shape index (κ1) is 23.4. The fourth-order valence-electron chi connectivity index (χ4n) is 3.61. The summed E-state index contributed by atoms with van der Waals surface area (Å²) in [6.45, 7) is 0.391. The van der Waals surface area contributed by atoms with Crippen LogP contribution in [0.4, 0.5) is 0 Å². The Bertz CT molecular complexity index is 1450. The first-order valence-corrected chi connectivity index (χ1v) is 13.3. The molecule has 0 amide bonds. The largest absolute Gasteiger partial charge is 0.748 e. The van der Waals surface area contributed by atoms with E-state index in [2.05, 4.69) is 4.57 Å². The molecule has 2 aromatic carbocycles. The highest BCUT2D eigenvalue weighted by atomic mass is 32.2. The molecule has 0 aliphatic heterocycles. The van der Waals surface area contributed by atoms with E-state index in [4.69, 9.17) is 9.47 Å². The quantitative estimate of drug-likeness (QED) is 0.202. The second-order valence-electron chi connectivity index (χ2n) is 7.24. The lowest BCUT2D eigenvalue weighted by atomic mass is 10.1. The molecule has 0 radical (unpaired) electrons. The monoisotopic (exact) mass is 503 g/mol. The van der Waals surface area contributed by atoms with Crippen LogP contribution in [-0.4, -0.2) is 38.9 Å². The molecule has 0 spiro atoms. The summed E-state index contributed by atoms with van der Waals surface area (Å²) in [4.78, 5) is 11.6. The van der Waals surface area contributed by atoms with Crippen molar-refractivity contribution in [1.82, 2.24) is 0 Å². The van der Waals surface area contributed by atoms with Gasteiger partial charge < -0.3 is 14.0 Å². The standard InChI is InChI=1S/C23H21NO6S3/c1-29-18-14-19-21(22-17(18)10-12-31-22)24(11-3-13-33(26,27)28)20(32-19)9-6-15-4-7-16(8-5-15)23(25)30-2/h4-10,12,14H,3,11,13H2,1-2H3/b9-6+. The van der Waals surface area contributed by atoms with E-state index in [0.717, 1.165) is 36.6 Å². The Morgan fingerprint density at radius 3 is 2.58 bits per heavy atom. The number of carbonyl (C=O) groups excluding carboxylic acids is 1. The first-order valence-electron chi connectivity index (χ1n) is 10.0. The normalized spacial score (nSPS) is 12.1. The highest BCUT2D eigenvalue weighted by molar-refractivity contribution is 7.85. The number of aryl methyl sites for hydroxylation is 1. The van der Waals surface area contributed by atoms with Crippen molar-refractivity contribution in [2.45, 2.75) is 13.0 Å². The molecule has 0 bridgehead atoms. The molecule has 0 saturated heterocycles. The SMILES string of the molecule is COC(=O)c1ccc(/C=C/c2sc3cc(OC)c4ccsc4c3[n+]2CCCS(=O)(=O)[O-])cc1. The van der Waals surface area contributed by atoms with Crippen LogP contribution in [0.5, 0.6) is 5.75 Å². The number of ether oxygens (including phenoxy) is 2. The van der Waals surface area contributed by atoms with Crippen LogP contribution in [0, 0.1) is 0 Å². The van der Waals surface area contributed by atoms with Gasteiger partial charge in [-0.25, -0.2) is 13.2 Å². The minimum Gasteiger partial charge on any atom is -0.748 e. The lowest BCUT2D eigenvalue weighted by Gasteiger charge is -2.05. The van der Waals surface area contributed by atoms with Gasteiger partial charge in [0, 0.05) is 29.7 Å². The third-order valence-electron chi connectivity index (χ3n) is 5.14. The average Bonchev–Trinajstić information content (AvgIpc) is 3.41. The Kier molecular flexibility index (Phi) is 6.80. The van der Waals surface area contributed by atoms with Crippen molar-refractivity contribution < 1.29 is 31.8 Å². The number of thiazole rings is 1. The smallest absolute Gasteiger partial charge is 0.337 e. The maximum atomic E-state index is 11.6. The number of fused-ring (bicyclic) bond motifs is 3. The van der Waals surface area contributed by atoms with Gasteiger partial charge >= 0.3 is 5.97 Å². The molecule has 0 atom stereocenters. The molecule has 4 aromatic rings. The molecule has 0 saturated carbocycles. The maximum Gasteiger partial charge on any atom is 0.337 e. The van der Waals surface area contributed by atoms with E-state index in [9.17, 15) is 17.8 Å². The van der Waals surface area contributed by atoms with Gasteiger partial charge in [-0.15, -0.1) is 11.3 Å². The van der Waals surface area contributed by atoms with Gasteiger partial charge in [0.05, 0.1) is 29.9 Å². The van der Waals surface area contributed by atoms with E-state index in [1.165, 1.54) is 7.11 Å². The minimum atomic E-state index is -4.29. The fraction of sp³-hybridized carbons (Fsp3) is 0.217. The Labute approximate surface area is 199 Å². The molecule has 2 aromatic heterocycles. The zero-order valence-corrected chi connectivity index (χ0v) is 20.4. The van der Waals surface area contributed by atoms with E-state index >= 15 is 0 Å². The molecule has 172 valence electrons. The second-order valence-corrected chi connectivity index (χ2v) is 10.7. The Morgan fingerprint density at radius 1 is 1.15 bits per heavy atom. The molecule has 33 heavy (non-hydrogen) atoms. The summed E-state index contributed by atoms with van der Waals surface area (Å²) in [7, 11) is -1.31. The van der Waals surface area contributed by atoms with Crippen LogP contribution in [0.2, 0.25) is 0 Å². The van der Waals surface area contributed by atoms with E-state index in [0.29, 0.717) is 12.1 Å². The lowest BCUT2D eigenvalue weighted by Crippen LogP contribution is -2.36. The van der Waals surface area contributed by atoms with E-state index < -0.39 is 21.8 Å². The zero-order chi connectivity index (χ0) is 23.6. The van der Waals surface area contributed by atoms with Crippen molar-refractivity contribution in [2.24, 2.45) is 0 Å². The number of rotatable bonds is 8. The van der Waals surface area contributed by atoms with Crippen LogP contribution in [0.25, 0.3) is 32.5 Å². The number of nitrogens with zero attached hydrogens (tertiary/aromatic N) is 1. The predicted octanol–water partition coefficient (Wildman–Crippen LogP) is 4.30.